The zero-order valence-corrected chi connectivity index (χ0v) is 7.90. The Morgan fingerprint density at radius 1 is 1.31 bits per heavy atom. The quantitative estimate of drug-likeness (QED) is 0.564. The van der Waals surface area contributed by atoms with E-state index in [-0.39, 0.29) is 6.42 Å². The minimum atomic E-state index is -1.11. The maximum atomic E-state index is 10.3. The van der Waals surface area contributed by atoms with Gasteiger partial charge in [0.2, 0.25) is 0 Å². The smallest absolute Gasteiger partial charge is 0.306 e. The van der Waals surface area contributed by atoms with E-state index in [9.17, 15) is 9.90 Å². The highest BCUT2D eigenvalue weighted by Gasteiger charge is 2.22. The second-order valence-electron chi connectivity index (χ2n) is 2.44. The molecular weight excluding hydrogens is 176 g/mol. The van der Waals surface area contributed by atoms with E-state index in [1.807, 2.05) is 0 Å². The van der Waals surface area contributed by atoms with Crippen LogP contribution < -0.4 is 0 Å². The Labute approximate surface area is 77.3 Å². The summed E-state index contributed by atoms with van der Waals surface area (Å²) in [5.41, 5.74) is 0. The molecule has 0 saturated carbocycles. The van der Waals surface area contributed by atoms with Crippen molar-refractivity contribution in [3.63, 3.8) is 0 Å². The average Bonchev–Trinajstić information content (AvgIpc) is 2.02. The van der Waals surface area contributed by atoms with Crippen molar-refractivity contribution in [3.05, 3.63) is 0 Å². The molecule has 0 aliphatic heterocycles. The molecule has 5 nitrogen and oxygen atoms in total. The first-order valence-electron chi connectivity index (χ1n) is 4.24. The summed E-state index contributed by atoms with van der Waals surface area (Å²) in [6.45, 7) is 4.25. The number of aliphatic carboxylic acids is 1. The van der Waals surface area contributed by atoms with Crippen molar-refractivity contribution in [2.75, 3.05) is 13.2 Å². The normalized spacial score (nSPS) is 13.2. The molecule has 0 bridgehead atoms. The maximum absolute atomic E-state index is 10.3. The highest BCUT2D eigenvalue weighted by Crippen LogP contribution is 2.05. The number of carboxylic acids is 1. The molecule has 0 spiro atoms. The van der Waals surface area contributed by atoms with Crippen LogP contribution in [0, 0.1) is 0 Å². The van der Waals surface area contributed by atoms with Gasteiger partial charge in [-0.15, -0.1) is 0 Å². The summed E-state index contributed by atoms with van der Waals surface area (Å²) in [7, 11) is 0. The van der Waals surface area contributed by atoms with Crippen LogP contribution in [0.4, 0.5) is 0 Å². The predicted octanol–water partition coefficient (Wildman–Crippen LogP) is 0.221. The van der Waals surface area contributed by atoms with Gasteiger partial charge in [-0.25, -0.2) is 0 Å². The van der Waals surface area contributed by atoms with Crippen molar-refractivity contribution >= 4 is 5.97 Å². The molecule has 0 radical (unpaired) electrons. The standard InChI is InChI=1S/C8H16O5/c1-3-12-8(13-4-2)6(9)5-7(10)11/h6,8-9H,3-5H2,1-2H3,(H,10,11). The van der Waals surface area contributed by atoms with Crippen molar-refractivity contribution in [1.82, 2.24) is 0 Å². The fourth-order valence-corrected chi connectivity index (χ4v) is 0.874. The molecule has 13 heavy (non-hydrogen) atoms. The molecule has 0 rings (SSSR count). The Bertz CT molecular complexity index is 141. The van der Waals surface area contributed by atoms with E-state index in [1.165, 1.54) is 0 Å². The van der Waals surface area contributed by atoms with Gasteiger partial charge >= 0.3 is 5.97 Å². The first-order valence-corrected chi connectivity index (χ1v) is 4.24. The summed E-state index contributed by atoms with van der Waals surface area (Å²) in [6, 6.07) is 0. The molecule has 78 valence electrons. The van der Waals surface area contributed by atoms with E-state index in [0.717, 1.165) is 0 Å². The molecule has 0 aromatic heterocycles. The van der Waals surface area contributed by atoms with Gasteiger partial charge in [-0.1, -0.05) is 0 Å². The molecule has 1 atom stereocenters. The Morgan fingerprint density at radius 3 is 2.08 bits per heavy atom. The predicted molar refractivity (Wildman–Crippen MR) is 45.3 cm³/mol. The van der Waals surface area contributed by atoms with Crippen LogP contribution in [0.25, 0.3) is 0 Å². The van der Waals surface area contributed by atoms with Crippen LogP contribution in [-0.2, 0) is 14.3 Å². The second kappa shape index (κ2) is 6.82. The number of ether oxygens (including phenoxy) is 2. The minimum absolute atomic E-state index is 0.370. The SMILES string of the molecule is CCOC(OCC)C(O)CC(=O)O. The van der Waals surface area contributed by atoms with Crippen LogP contribution in [0.5, 0.6) is 0 Å². The van der Waals surface area contributed by atoms with Gasteiger partial charge < -0.3 is 19.7 Å². The summed E-state index contributed by atoms with van der Waals surface area (Å²) in [5.74, 6) is -1.07. The molecule has 0 aromatic rings. The van der Waals surface area contributed by atoms with E-state index >= 15 is 0 Å². The number of aliphatic hydroxyl groups excluding tert-OH is 1. The lowest BCUT2D eigenvalue weighted by molar-refractivity contribution is -0.194. The van der Waals surface area contributed by atoms with Gasteiger partial charge in [0, 0.05) is 13.2 Å². The molecule has 1 unspecified atom stereocenters. The van der Waals surface area contributed by atoms with Gasteiger partial charge in [0.1, 0.15) is 6.10 Å². The highest BCUT2D eigenvalue weighted by atomic mass is 16.7. The van der Waals surface area contributed by atoms with Gasteiger partial charge in [-0.2, -0.15) is 0 Å². The van der Waals surface area contributed by atoms with Crippen molar-refractivity contribution in [2.24, 2.45) is 0 Å². The van der Waals surface area contributed by atoms with Gasteiger partial charge in [-0.05, 0) is 13.8 Å². The Morgan fingerprint density at radius 2 is 1.77 bits per heavy atom. The number of rotatable bonds is 7. The third-order valence-electron chi connectivity index (χ3n) is 1.36. The number of hydrogen-bond acceptors (Lipinski definition) is 4. The van der Waals surface area contributed by atoms with Gasteiger partial charge in [-0.3, -0.25) is 4.79 Å². The first-order chi connectivity index (χ1) is 6.11. The summed E-state index contributed by atoms with van der Waals surface area (Å²) in [5, 5.41) is 17.7. The van der Waals surface area contributed by atoms with Crippen LogP contribution in [0.1, 0.15) is 20.3 Å². The van der Waals surface area contributed by atoms with Gasteiger partial charge in [0.15, 0.2) is 6.29 Å². The van der Waals surface area contributed by atoms with Gasteiger partial charge in [0.05, 0.1) is 6.42 Å². The summed E-state index contributed by atoms with van der Waals surface area (Å²) < 4.78 is 10.0. The van der Waals surface area contributed by atoms with Crippen molar-refractivity contribution in [1.29, 1.82) is 0 Å². The number of aliphatic hydroxyl groups is 1. The molecule has 2 N–H and O–H groups in total. The van der Waals surface area contributed by atoms with E-state index < -0.39 is 18.4 Å². The van der Waals surface area contributed by atoms with Crippen molar-refractivity contribution in [2.45, 2.75) is 32.7 Å². The first kappa shape index (κ1) is 12.3. The Hall–Kier alpha value is -0.650. The van der Waals surface area contributed by atoms with E-state index in [4.69, 9.17) is 14.6 Å². The lowest BCUT2D eigenvalue weighted by Crippen LogP contribution is -2.33. The lowest BCUT2D eigenvalue weighted by atomic mass is 10.2. The third-order valence-corrected chi connectivity index (χ3v) is 1.36. The number of hydrogen-bond donors (Lipinski definition) is 2. The molecule has 0 heterocycles. The molecule has 0 aromatic carbocycles. The van der Waals surface area contributed by atoms with Crippen LogP contribution >= 0.6 is 0 Å². The topological polar surface area (TPSA) is 76.0 Å². The second-order valence-corrected chi connectivity index (χ2v) is 2.44. The Kier molecular flexibility index (Phi) is 6.48. The highest BCUT2D eigenvalue weighted by molar-refractivity contribution is 5.67. The fraction of sp³-hybridized carbons (Fsp3) is 0.875. The summed E-state index contributed by atoms with van der Waals surface area (Å²) in [6.07, 6.45) is -2.33. The molecule has 0 aliphatic carbocycles. The maximum Gasteiger partial charge on any atom is 0.306 e. The van der Waals surface area contributed by atoms with Crippen LogP contribution in [-0.4, -0.2) is 41.8 Å². The average molecular weight is 192 g/mol. The van der Waals surface area contributed by atoms with E-state index in [1.54, 1.807) is 13.8 Å². The molecule has 0 amide bonds. The zero-order valence-electron chi connectivity index (χ0n) is 7.90. The largest absolute Gasteiger partial charge is 0.481 e. The van der Waals surface area contributed by atoms with Crippen LogP contribution in [0.15, 0.2) is 0 Å². The third kappa shape index (κ3) is 5.57. The molecule has 0 saturated heterocycles. The number of carbonyl (C=O) groups is 1. The fourth-order valence-electron chi connectivity index (χ4n) is 0.874. The monoisotopic (exact) mass is 192 g/mol. The number of carboxylic acid groups (broad SMARTS) is 1. The lowest BCUT2D eigenvalue weighted by Gasteiger charge is -2.21. The van der Waals surface area contributed by atoms with Crippen molar-refractivity contribution in [3.8, 4) is 0 Å². The van der Waals surface area contributed by atoms with Gasteiger partial charge in [0.25, 0.3) is 0 Å². The Balaban J connectivity index is 3.93. The van der Waals surface area contributed by atoms with E-state index in [0.29, 0.717) is 13.2 Å². The van der Waals surface area contributed by atoms with Crippen LogP contribution in [0.3, 0.4) is 0 Å². The van der Waals surface area contributed by atoms with Crippen molar-refractivity contribution < 1.29 is 24.5 Å². The molecule has 0 aliphatic rings. The zero-order chi connectivity index (χ0) is 10.3. The molecular formula is C8H16O5. The van der Waals surface area contributed by atoms with Crippen LogP contribution in [0.2, 0.25) is 0 Å². The molecule has 5 heteroatoms. The van der Waals surface area contributed by atoms with E-state index in [2.05, 4.69) is 0 Å². The minimum Gasteiger partial charge on any atom is -0.481 e. The summed E-state index contributed by atoms with van der Waals surface area (Å²) in [4.78, 5) is 10.3. The molecule has 0 fully saturated rings. The summed E-state index contributed by atoms with van der Waals surface area (Å²) >= 11 is 0.